The van der Waals surface area contributed by atoms with Crippen LogP contribution in [0.5, 0.6) is 0 Å². The molecule has 1 N–H and O–H groups in total. The lowest BCUT2D eigenvalue weighted by Crippen LogP contribution is -2.12. The molecule has 0 saturated carbocycles. The van der Waals surface area contributed by atoms with Gasteiger partial charge in [0.2, 0.25) is 0 Å². The molecule has 1 aliphatic rings. The maximum Gasteiger partial charge on any atom is 0.255 e. The van der Waals surface area contributed by atoms with Crippen molar-refractivity contribution in [2.24, 2.45) is 0 Å². The Hall–Kier alpha value is -1.39. The fourth-order valence-electron chi connectivity index (χ4n) is 2.52. The van der Waals surface area contributed by atoms with Crippen LogP contribution < -0.4 is 5.32 Å². The molecular formula is C19H21NOS2. The van der Waals surface area contributed by atoms with Gasteiger partial charge in [0.15, 0.2) is 0 Å². The molecule has 4 heteroatoms. The average molecular weight is 344 g/mol. The topological polar surface area (TPSA) is 29.1 Å². The van der Waals surface area contributed by atoms with Crippen molar-refractivity contribution in [1.29, 1.82) is 0 Å². The van der Waals surface area contributed by atoms with Crippen molar-refractivity contribution in [1.82, 2.24) is 0 Å². The highest BCUT2D eigenvalue weighted by atomic mass is 32.2. The van der Waals surface area contributed by atoms with E-state index in [9.17, 15) is 4.79 Å². The zero-order valence-electron chi connectivity index (χ0n) is 13.4. The van der Waals surface area contributed by atoms with E-state index in [1.54, 1.807) is 0 Å². The highest BCUT2D eigenvalue weighted by Gasteiger charge is 2.18. The van der Waals surface area contributed by atoms with E-state index < -0.39 is 0 Å². The summed E-state index contributed by atoms with van der Waals surface area (Å²) >= 11 is 3.96. The van der Waals surface area contributed by atoms with Crippen LogP contribution in [0.4, 0.5) is 5.69 Å². The molecule has 0 bridgehead atoms. The van der Waals surface area contributed by atoms with Crippen LogP contribution in [-0.2, 0) is 0 Å². The van der Waals surface area contributed by atoms with E-state index in [1.807, 2.05) is 53.9 Å². The van der Waals surface area contributed by atoms with Crippen LogP contribution in [0.1, 0.15) is 45.8 Å². The number of nitrogens with one attached hydrogen (secondary N) is 1. The molecule has 0 unspecified atom stereocenters. The van der Waals surface area contributed by atoms with Gasteiger partial charge in [0.25, 0.3) is 5.91 Å². The van der Waals surface area contributed by atoms with Crippen LogP contribution in [0, 0.1) is 0 Å². The van der Waals surface area contributed by atoms with Gasteiger partial charge in [-0.2, -0.15) is 0 Å². The molecule has 0 radical (unpaired) electrons. The average Bonchev–Trinajstić information content (AvgIpc) is 3.09. The number of benzene rings is 2. The lowest BCUT2D eigenvalue weighted by Gasteiger charge is -2.11. The molecule has 1 heterocycles. The molecule has 1 saturated heterocycles. The third-order valence-corrected chi connectivity index (χ3v) is 6.98. The van der Waals surface area contributed by atoms with Crippen LogP contribution in [0.2, 0.25) is 0 Å². The van der Waals surface area contributed by atoms with Gasteiger partial charge in [-0.05, 0) is 41.3 Å². The molecule has 120 valence electrons. The van der Waals surface area contributed by atoms with Crippen molar-refractivity contribution < 1.29 is 4.79 Å². The molecule has 1 aliphatic heterocycles. The van der Waals surface area contributed by atoms with Gasteiger partial charge in [0.1, 0.15) is 0 Å². The zero-order valence-corrected chi connectivity index (χ0v) is 15.0. The Morgan fingerprint density at radius 3 is 2.43 bits per heavy atom. The van der Waals surface area contributed by atoms with E-state index in [4.69, 9.17) is 0 Å². The molecule has 1 amide bonds. The highest BCUT2D eigenvalue weighted by Crippen LogP contribution is 2.45. The second kappa shape index (κ2) is 7.45. The molecule has 2 nitrogen and oxygen atoms in total. The molecule has 0 atom stereocenters. The molecule has 1 fully saturated rings. The number of amides is 1. The van der Waals surface area contributed by atoms with Crippen LogP contribution in [0.3, 0.4) is 0 Å². The van der Waals surface area contributed by atoms with Gasteiger partial charge in [0, 0.05) is 22.8 Å². The number of hydrogen-bond donors (Lipinski definition) is 1. The van der Waals surface area contributed by atoms with Gasteiger partial charge in [-0.3, -0.25) is 4.79 Å². The van der Waals surface area contributed by atoms with E-state index in [1.165, 1.54) is 22.6 Å². The molecule has 0 spiro atoms. The number of thioether (sulfide) groups is 2. The SMILES string of the molecule is CC(C)c1cccc(NC(=O)c2ccc(C3SCCS3)cc2)c1. The maximum absolute atomic E-state index is 12.4. The van der Waals surface area contributed by atoms with Crippen molar-refractivity contribution >= 4 is 35.1 Å². The summed E-state index contributed by atoms with van der Waals surface area (Å²) in [5.74, 6) is 2.82. The van der Waals surface area contributed by atoms with Gasteiger partial charge in [-0.1, -0.05) is 38.1 Å². The zero-order chi connectivity index (χ0) is 16.2. The molecule has 2 aromatic carbocycles. The summed E-state index contributed by atoms with van der Waals surface area (Å²) in [7, 11) is 0. The lowest BCUT2D eigenvalue weighted by molar-refractivity contribution is 0.102. The summed E-state index contributed by atoms with van der Waals surface area (Å²) in [4.78, 5) is 12.4. The van der Waals surface area contributed by atoms with Crippen LogP contribution >= 0.6 is 23.5 Å². The summed E-state index contributed by atoms with van der Waals surface area (Å²) in [6, 6.07) is 16.1. The third kappa shape index (κ3) is 4.12. The Bertz CT molecular complexity index is 676. The van der Waals surface area contributed by atoms with E-state index in [2.05, 4.69) is 37.4 Å². The predicted molar refractivity (Wildman–Crippen MR) is 103 cm³/mol. The second-order valence-electron chi connectivity index (χ2n) is 5.93. The van der Waals surface area contributed by atoms with Gasteiger partial charge in [0.05, 0.1) is 4.58 Å². The Labute approximate surface area is 146 Å². The number of carbonyl (C=O) groups excluding carboxylic acids is 1. The fourth-order valence-corrected chi connectivity index (χ4v) is 5.38. The normalized spacial score (nSPS) is 15.1. The van der Waals surface area contributed by atoms with Gasteiger partial charge in [-0.15, -0.1) is 23.5 Å². The smallest absolute Gasteiger partial charge is 0.255 e. The van der Waals surface area contributed by atoms with Crippen LogP contribution in [0.15, 0.2) is 48.5 Å². The number of rotatable bonds is 4. The number of anilines is 1. The van der Waals surface area contributed by atoms with E-state index in [0.717, 1.165) is 5.69 Å². The van der Waals surface area contributed by atoms with E-state index >= 15 is 0 Å². The Balaban J connectivity index is 1.69. The van der Waals surface area contributed by atoms with E-state index in [0.29, 0.717) is 16.1 Å². The summed E-state index contributed by atoms with van der Waals surface area (Å²) in [6.07, 6.45) is 0. The first kappa shape index (κ1) is 16.5. The molecule has 2 aromatic rings. The highest BCUT2D eigenvalue weighted by molar-refractivity contribution is 8.19. The monoisotopic (exact) mass is 343 g/mol. The second-order valence-corrected chi connectivity index (χ2v) is 8.65. The lowest BCUT2D eigenvalue weighted by atomic mass is 10.0. The standard InChI is InChI=1S/C19H21NOS2/c1-13(2)16-4-3-5-17(12-16)20-18(21)14-6-8-15(9-7-14)19-22-10-11-23-19/h3-9,12-13,19H,10-11H2,1-2H3,(H,20,21). The minimum Gasteiger partial charge on any atom is -0.322 e. The van der Waals surface area contributed by atoms with Crippen molar-refractivity contribution in [3.05, 3.63) is 65.2 Å². The first-order valence-electron chi connectivity index (χ1n) is 7.88. The molecular weight excluding hydrogens is 322 g/mol. The number of hydrogen-bond acceptors (Lipinski definition) is 3. The fraction of sp³-hybridized carbons (Fsp3) is 0.316. The Kier molecular flexibility index (Phi) is 5.34. The number of carbonyl (C=O) groups is 1. The molecule has 3 rings (SSSR count). The summed E-state index contributed by atoms with van der Waals surface area (Å²) in [5.41, 5.74) is 4.09. The molecule has 23 heavy (non-hydrogen) atoms. The quantitative estimate of drug-likeness (QED) is 0.790. The largest absolute Gasteiger partial charge is 0.322 e. The van der Waals surface area contributed by atoms with Crippen molar-refractivity contribution in [3.8, 4) is 0 Å². The first-order chi connectivity index (χ1) is 11.1. The Morgan fingerprint density at radius 2 is 1.78 bits per heavy atom. The van der Waals surface area contributed by atoms with Crippen molar-refractivity contribution in [2.45, 2.75) is 24.3 Å². The summed E-state index contributed by atoms with van der Waals surface area (Å²) in [5, 5.41) is 2.99. The summed E-state index contributed by atoms with van der Waals surface area (Å²) in [6.45, 7) is 4.30. The molecule has 0 aliphatic carbocycles. The van der Waals surface area contributed by atoms with Crippen LogP contribution in [0.25, 0.3) is 0 Å². The van der Waals surface area contributed by atoms with Gasteiger partial charge < -0.3 is 5.32 Å². The minimum absolute atomic E-state index is 0.0517. The van der Waals surface area contributed by atoms with Gasteiger partial charge >= 0.3 is 0 Å². The van der Waals surface area contributed by atoms with Crippen molar-refractivity contribution in [3.63, 3.8) is 0 Å². The first-order valence-corrected chi connectivity index (χ1v) is 9.98. The predicted octanol–water partition coefficient (Wildman–Crippen LogP) is 5.54. The Morgan fingerprint density at radius 1 is 1.09 bits per heavy atom. The van der Waals surface area contributed by atoms with E-state index in [-0.39, 0.29) is 5.91 Å². The summed E-state index contributed by atoms with van der Waals surface area (Å²) < 4.78 is 0.523. The van der Waals surface area contributed by atoms with Gasteiger partial charge in [-0.25, -0.2) is 0 Å². The van der Waals surface area contributed by atoms with Crippen molar-refractivity contribution in [2.75, 3.05) is 16.8 Å². The third-order valence-electron chi connectivity index (χ3n) is 3.88. The maximum atomic E-state index is 12.4. The minimum atomic E-state index is -0.0517. The van der Waals surface area contributed by atoms with Crippen LogP contribution in [-0.4, -0.2) is 17.4 Å². The molecule has 0 aromatic heterocycles.